The predicted molar refractivity (Wildman–Crippen MR) is 54.8 cm³/mol. The Bertz CT molecular complexity index is 466. The average molecular weight is 248 g/mol. The Morgan fingerprint density at radius 1 is 1.69 bits per heavy atom. The highest BCUT2D eigenvalue weighted by atomic mass is 32.2. The van der Waals surface area contributed by atoms with Gasteiger partial charge in [-0.2, -0.15) is 5.10 Å². The third-order valence-corrected chi connectivity index (χ3v) is 3.26. The summed E-state index contributed by atoms with van der Waals surface area (Å²) < 4.78 is 29.7. The molecule has 16 heavy (non-hydrogen) atoms. The molecule has 1 aromatic heterocycles. The molecule has 9 heteroatoms. The predicted octanol–water partition coefficient (Wildman–Crippen LogP) is -1.17. The summed E-state index contributed by atoms with van der Waals surface area (Å²) in [6.45, 7) is -0.0559. The van der Waals surface area contributed by atoms with E-state index in [1.54, 1.807) is 0 Å². The molecule has 8 nitrogen and oxygen atoms in total. The van der Waals surface area contributed by atoms with Gasteiger partial charge < -0.3 is 10.5 Å². The number of H-pyrrole nitrogens is 1. The van der Waals surface area contributed by atoms with Crippen molar-refractivity contribution in [2.24, 2.45) is 0 Å². The topological polar surface area (TPSA) is 127 Å². The number of hydrogen-bond acceptors (Lipinski definition) is 6. The quantitative estimate of drug-likeness (QED) is 0.563. The van der Waals surface area contributed by atoms with Crippen LogP contribution in [0.5, 0.6) is 0 Å². The van der Waals surface area contributed by atoms with Crippen LogP contribution in [0, 0.1) is 0 Å². The summed E-state index contributed by atoms with van der Waals surface area (Å²) in [7, 11) is -2.50. The molecule has 0 saturated carbocycles. The first-order chi connectivity index (χ1) is 7.47. The van der Waals surface area contributed by atoms with Crippen molar-refractivity contribution in [3.63, 3.8) is 0 Å². The minimum Gasteiger partial charge on any atom is -0.469 e. The highest BCUT2D eigenvalue weighted by Gasteiger charge is 2.18. The van der Waals surface area contributed by atoms with Crippen LogP contribution in [0.15, 0.2) is 11.1 Å². The standard InChI is InChI=1S/C7H12N4O4S/c1-15-6(12)2-3-10-16(13,14)5-4-9-11-7(5)8/h4,10H,2-3H2,1H3,(H3,8,9,11). The summed E-state index contributed by atoms with van der Waals surface area (Å²) in [5.41, 5.74) is 5.36. The van der Waals surface area contributed by atoms with E-state index in [0.29, 0.717) is 0 Å². The van der Waals surface area contributed by atoms with Crippen molar-refractivity contribution < 1.29 is 17.9 Å². The smallest absolute Gasteiger partial charge is 0.306 e. The highest BCUT2D eigenvalue weighted by Crippen LogP contribution is 2.13. The summed E-state index contributed by atoms with van der Waals surface area (Å²) >= 11 is 0. The van der Waals surface area contributed by atoms with E-state index in [9.17, 15) is 13.2 Å². The van der Waals surface area contributed by atoms with E-state index in [1.165, 1.54) is 7.11 Å². The third kappa shape index (κ3) is 2.94. The number of aromatic nitrogens is 2. The molecule has 0 fully saturated rings. The fraction of sp³-hybridized carbons (Fsp3) is 0.429. The molecule has 0 aliphatic heterocycles. The van der Waals surface area contributed by atoms with Gasteiger partial charge >= 0.3 is 5.97 Å². The largest absolute Gasteiger partial charge is 0.469 e. The summed E-state index contributed by atoms with van der Waals surface area (Å²) in [5, 5.41) is 5.79. The van der Waals surface area contributed by atoms with E-state index < -0.39 is 16.0 Å². The maximum absolute atomic E-state index is 11.6. The average Bonchev–Trinajstić information content (AvgIpc) is 2.64. The number of nitrogens with two attached hydrogens (primary N) is 1. The fourth-order valence-electron chi connectivity index (χ4n) is 0.966. The number of ether oxygens (including phenoxy) is 1. The first-order valence-electron chi connectivity index (χ1n) is 4.32. The zero-order chi connectivity index (χ0) is 12.2. The van der Waals surface area contributed by atoms with Crippen LogP contribution in [0.1, 0.15) is 6.42 Å². The zero-order valence-electron chi connectivity index (χ0n) is 8.56. The minimum atomic E-state index is -3.73. The maximum Gasteiger partial charge on any atom is 0.306 e. The van der Waals surface area contributed by atoms with Crippen molar-refractivity contribution in [2.45, 2.75) is 11.3 Å². The number of anilines is 1. The summed E-state index contributed by atoms with van der Waals surface area (Å²) in [5.74, 6) is -0.548. The van der Waals surface area contributed by atoms with Crippen LogP contribution in [0.3, 0.4) is 0 Å². The first kappa shape index (κ1) is 12.5. The van der Waals surface area contributed by atoms with Crippen LogP contribution >= 0.6 is 0 Å². The third-order valence-electron chi connectivity index (χ3n) is 1.77. The summed E-state index contributed by atoms with van der Waals surface area (Å²) in [4.78, 5) is 10.6. The molecule has 4 N–H and O–H groups in total. The lowest BCUT2D eigenvalue weighted by Gasteiger charge is -2.04. The normalized spacial score (nSPS) is 11.3. The van der Waals surface area contributed by atoms with Gasteiger partial charge in [-0.1, -0.05) is 0 Å². The molecule has 1 rings (SSSR count). The van der Waals surface area contributed by atoms with E-state index in [2.05, 4.69) is 19.7 Å². The van der Waals surface area contributed by atoms with Crippen molar-refractivity contribution in [3.8, 4) is 0 Å². The number of nitrogens with one attached hydrogen (secondary N) is 2. The van der Waals surface area contributed by atoms with Crippen molar-refractivity contribution in [1.29, 1.82) is 0 Å². The Balaban J connectivity index is 2.60. The molecule has 0 aliphatic carbocycles. The summed E-state index contributed by atoms with van der Waals surface area (Å²) in [6, 6.07) is 0. The van der Waals surface area contributed by atoms with E-state index in [4.69, 9.17) is 5.73 Å². The number of aromatic amines is 1. The van der Waals surface area contributed by atoms with Crippen LogP contribution in [-0.2, 0) is 19.6 Å². The van der Waals surface area contributed by atoms with Crippen molar-refractivity contribution >= 4 is 21.8 Å². The lowest BCUT2D eigenvalue weighted by atomic mass is 10.4. The molecule has 0 saturated heterocycles. The Hall–Kier alpha value is -1.61. The zero-order valence-corrected chi connectivity index (χ0v) is 9.37. The molecule has 0 bridgehead atoms. The lowest BCUT2D eigenvalue weighted by molar-refractivity contribution is -0.140. The Labute approximate surface area is 92.2 Å². The number of sulfonamides is 1. The van der Waals surface area contributed by atoms with Crippen molar-refractivity contribution in [3.05, 3.63) is 6.20 Å². The van der Waals surface area contributed by atoms with Gasteiger partial charge in [0.1, 0.15) is 10.7 Å². The molecular weight excluding hydrogens is 236 g/mol. The molecule has 0 unspecified atom stereocenters. The van der Waals surface area contributed by atoms with Gasteiger partial charge in [-0.05, 0) is 0 Å². The molecular formula is C7H12N4O4S. The van der Waals surface area contributed by atoms with Crippen LogP contribution in [0.4, 0.5) is 5.82 Å². The second kappa shape index (κ2) is 4.94. The van der Waals surface area contributed by atoms with Gasteiger partial charge in [0.25, 0.3) is 0 Å². The van der Waals surface area contributed by atoms with Crippen LogP contribution in [0.2, 0.25) is 0 Å². The maximum atomic E-state index is 11.6. The van der Waals surface area contributed by atoms with Gasteiger partial charge in [0, 0.05) is 6.54 Å². The van der Waals surface area contributed by atoms with E-state index in [0.717, 1.165) is 6.20 Å². The molecule has 1 heterocycles. The molecule has 90 valence electrons. The van der Waals surface area contributed by atoms with Crippen molar-refractivity contribution in [2.75, 3.05) is 19.4 Å². The second-order valence-corrected chi connectivity index (χ2v) is 4.61. The Kier molecular flexibility index (Phi) is 3.85. The minimum absolute atomic E-state index is 0.0481. The van der Waals surface area contributed by atoms with E-state index in [-0.39, 0.29) is 23.7 Å². The molecule has 0 aliphatic rings. The van der Waals surface area contributed by atoms with Gasteiger partial charge in [0.15, 0.2) is 0 Å². The van der Waals surface area contributed by atoms with E-state index >= 15 is 0 Å². The molecule has 0 atom stereocenters. The number of hydrogen-bond donors (Lipinski definition) is 3. The Morgan fingerprint density at radius 3 is 2.88 bits per heavy atom. The van der Waals surface area contributed by atoms with Gasteiger partial charge in [-0.25, -0.2) is 13.1 Å². The van der Waals surface area contributed by atoms with Crippen molar-refractivity contribution in [1.82, 2.24) is 14.9 Å². The number of nitrogens with zero attached hydrogens (tertiary/aromatic N) is 1. The highest BCUT2D eigenvalue weighted by molar-refractivity contribution is 7.89. The monoisotopic (exact) mass is 248 g/mol. The van der Waals surface area contributed by atoms with Gasteiger partial charge in [-0.3, -0.25) is 9.89 Å². The van der Waals surface area contributed by atoms with Gasteiger partial charge in [0.2, 0.25) is 10.0 Å². The number of nitrogen functional groups attached to an aromatic ring is 1. The second-order valence-electron chi connectivity index (χ2n) is 2.87. The number of carbonyl (C=O) groups is 1. The molecule has 0 radical (unpaired) electrons. The van der Waals surface area contributed by atoms with Crippen LogP contribution in [0.25, 0.3) is 0 Å². The lowest BCUT2D eigenvalue weighted by Crippen LogP contribution is -2.26. The van der Waals surface area contributed by atoms with E-state index in [1.807, 2.05) is 0 Å². The molecule has 0 spiro atoms. The summed E-state index contributed by atoms with van der Waals surface area (Å²) in [6.07, 6.45) is 1.04. The number of rotatable bonds is 5. The number of methoxy groups -OCH3 is 1. The molecule has 0 amide bonds. The van der Waals surface area contributed by atoms with Crippen LogP contribution < -0.4 is 10.5 Å². The Morgan fingerprint density at radius 2 is 2.38 bits per heavy atom. The van der Waals surface area contributed by atoms with Gasteiger partial charge in [-0.15, -0.1) is 0 Å². The number of esters is 1. The van der Waals surface area contributed by atoms with Crippen LogP contribution in [-0.4, -0.2) is 38.2 Å². The SMILES string of the molecule is COC(=O)CCNS(=O)(=O)c1cn[nH]c1N. The fourth-order valence-corrected chi connectivity index (χ4v) is 2.02. The first-order valence-corrected chi connectivity index (χ1v) is 5.81. The number of carbonyl (C=O) groups excluding carboxylic acids is 1. The molecule has 1 aromatic rings. The molecule has 0 aromatic carbocycles. The van der Waals surface area contributed by atoms with Gasteiger partial charge in [0.05, 0.1) is 19.7 Å².